The van der Waals surface area contributed by atoms with E-state index < -0.39 is 22.2 Å². The molecule has 7 nitrogen and oxygen atoms in total. The van der Waals surface area contributed by atoms with Gasteiger partial charge in [-0.25, -0.2) is 8.42 Å². The molecule has 0 aliphatic carbocycles. The standard InChI is InChI=1S/C12H8F2N2O5S2/c1-23(18,19)16-11-15-10(17)9(22-11)5-6-2-3-7-8(4-6)21-12(13,14)20-7/h2-5H,1H3,(H,15,16,17). The van der Waals surface area contributed by atoms with Gasteiger partial charge in [0.2, 0.25) is 0 Å². The van der Waals surface area contributed by atoms with Crippen molar-refractivity contribution in [3.63, 3.8) is 0 Å². The number of hydrogen-bond donors (Lipinski definition) is 1. The van der Waals surface area contributed by atoms with Crippen molar-refractivity contribution in [1.29, 1.82) is 0 Å². The van der Waals surface area contributed by atoms with E-state index in [0.29, 0.717) is 5.56 Å². The number of sulfonamides is 1. The van der Waals surface area contributed by atoms with Crippen LogP contribution in [-0.2, 0) is 14.8 Å². The van der Waals surface area contributed by atoms with Crippen LogP contribution in [0.25, 0.3) is 6.08 Å². The highest BCUT2D eigenvalue weighted by molar-refractivity contribution is 8.19. The maximum Gasteiger partial charge on any atom is 0.586 e. The Kier molecular flexibility index (Phi) is 3.56. The highest BCUT2D eigenvalue weighted by Crippen LogP contribution is 2.41. The Hall–Kier alpha value is -2.14. The van der Waals surface area contributed by atoms with Gasteiger partial charge in [0, 0.05) is 0 Å². The molecule has 2 heterocycles. The quantitative estimate of drug-likeness (QED) is 0.802. The first-order valence-corrected chi connectivity index (χ1v) is 8.68. The number of nitrogens with zero attached hydrogens (tertiary/aromatic N) is 1. The molecule has 0 radical (unpaired) electrons. The molecule has 23 heavy (non-hydrogen) atoms. The summed E-state index contributed by atoms with van der Waals surface area (Å²) >= 11 is 0.825. The monoisotopic (exact) mass is 362 g/mol. The molecule has 0 bridgehead atoms. The lowest BCUT2D eigenvalue weighted by molar-refractivity contribution is -0.286. The molecule has 1 N–H and O–H groups in total. The van der Waals surface area contributed by atoms with E-state index in [1.165, 1.54) is 24.3 Å². The number of fused-ring (bicyclic) bond motifs is 1. The molecule has 1 fully saturated rings. The first-order chi connectivity index (χ1) is 10.6. The van der Waals surface area contributed by atoms with Crippen molar-refractivity contribution < 1.29 is 31.5 Å². The number of nitrogens with one attached hydrogen (secondary N) is 1. The van der Waals surface area contributed by atoms with Crippen molar-refractivity contribution in [2.24, 2.45) is 4.40 Å². The van der Waals surface area contributed by atoms with Crippen LogP contribution in [0.3, 0.4) is 0 Å². The highest BCUT2D eigenvalue weighted by Gasteiger charge is 2.43. The molecule has 2 aliphatic rings. The molecule has 1 aromatic rings. The number of benzene rings is 1. The molecule has 0 aromatic heterocycles. The lowest BCUT2D eigenvalue weighted by Crippen LogP contribution is -2.25. The summed E-state index contributed by atoms with van der Waals surface area (Å²) in [6.45, 7) is 0. The first-order valence-electron chi connectivity index (χ1n) is 6.02. The Balaban J connectivity index is 1.86. The second kappa shape index (κ2) is 5.20. The summed E-state index contributed by atoms with van der Waals surface area (Å²) in [7, 11) is -3.64. The van der Waals surface area contributed by atoms with Gasteiger partial charge in [-0.3, -0.25) is 10.1 Å². The normalized spacial score (nSPS) is 22.7. The van der Waals surface area contributed by atoms with Crippen molar-refractivity contribution in [1.82, 2.24) is 5.32 Å². The van der Waals surface area contributed by atoms with Crippen LogP contribution in [0, 0.1) is 0 Å². The fraction of sp³-hybridized carbons (Fsp3) is 0.167. The summed E-state index contributed by atoms with van der Waals surface area (Å²) in [5, 5.41) is 2.22. The minimum absolute atomic E-state index is 0.0731. The zero-order valence-electron chi connectivity index (χ0n) is 11.4. The Morgan fingerprint density at radius 3 is 2.70 bits per heavy atom. The largest absolute Gasteiger partial charge is 0.586 e. The van der Waals surface area contributed by atoms with Gasteiger partial charge < -0.3 is 9.47 Å². The van der Waals surface area contributed by atoms with Crippen molar-refractivity contribution in [2.45, 2.75) is 6.29 Å². The van der Waals surface area contributed by atoms with Crippen molar-refractivity contribution in [2.75, 3.05) is 6.26 Å². The van der Waals surface area contributed by atoms with E-state index in [9.17, 15) is 22.0 Å². The molecule has 11 heteroatoms. The lowest BCUT2D eigenvalue weighted by atomic mass is 10.2. The molecular weight excluding hydrogens is 354 g/mol. The summed E-state index contributed by atoms with van der Waals surface area (Å²) in [5.74, 6) is -0.807. The van der Waals surface area contributed by atoms with Crippen LogP contribution in [0.1, 0.15) is 5.56 Å². The summed E-state index contributed by atoms with van der Waals surface area (Å²) in [6.07, 6.45) is -1.43. The molecular formula is C12H8F2N2O5S2. The number of carbonyl (C=O) groups is 1. The van der Waals surface area contributed by atoms with E-state index in [1.807, 2.05) is 0 Å². The number of rotatable bonds is 2. The van der Waals surface area contributed by atoms with Gasteiger partial charge in [-0.2, -0.15) is 0 Å². The fourth-order valence-electron chi connectivity index (χ4n) is 1.83. The predicted molar refractivity (Wildman–Crippen MR) is 78.6 cm³/mol. The average Bonchev–Trinajstić information content (AvgIpc) is 2.85. The van der Waals surface area contributed by atoms with Crippen molar-refractivity contribution >= 4 is 38.9 Å². The van der Waals surface area contributed by atoms with E-state index in [0.717, 1.165) is 18.0 Å². The van der Waals surface area contributed by atoms with Gasteiger partial charge in [-0.05, 0) is 35.5 Å². The molecule has 1 saturated heterocycles. The summed E-state index contributed by atoms with van der Waals surface area (Å²) < 4.78 is 60.0. The van der Waals surface area contributed by atoms with E-state index >= 15 is 0 Å². The summed E-state index contributed by atoms with van der Waals surface area (Å²) in [6, 6.07) is 4.02. The number of halogens is 2. The maximum absolute atomic E-state index is 12.9. The molecule has 3 rings (SSSR count). The van der Waals surface area contributed by atoms with Gasteiger partial charge in [-0.1, -0.05) is 6.07 Å². The van der Waals surface area contributed by atoms with Gasteiger partial charge in [0.1, 0.15) is 0 Å². The molecule has 0 unspecified atom stereocenters. The number of carbonyl (C=O) groups excluding carboxylic acids is 1. The lowest BCUT2D eigenvalue weighted by Gasteiger charge is -2.04. The minimum Gasteiger partial charge on any atom is -0.395 e. The third-order valence-corrected chi connectivity index (χ3v) is 4.16. The predicted octanol–water partition coefficient (Wildman–Crippen LogP) is 1.53. The topological polar surface area (TPSA) is 94.1 Å². The second-order valence-electron chi connectivity index (χ2n) is 4.57. The Bertz CT molecular complexity index is 864. The van der Waals surface area contributed by atoms with Crippen LogP contribution in [-0.4, -0.2) is 32.0 Å². The number of alkyl halides is 2. The number of hydrogen-bond acceptors (Lipinski definition) is 6. The molecule has 0 saturated carbocycles. The smallest absolute Gasteiger partial charge is 0.395 e. The Morgan fingerprint density at radius 2 is 2.00 bits per heavy atom. The van der Waals surface area contributed by atoms with Crippen LogP contribution in [0.5, 0.6) is 11.5 Å². The van der Waals surface area contributed by atoms with E-state index in [2.05, 4.69) is 19.2 Å². The number of amides is 1. The van der Waals surface area contributed by atoms with Crippen LogP contribution in [0.15, 0.2) is 27.5 Å². The zero-order valence-corrected chi connectivity index (χ0v) is 13.0. The van der Waals surface area contributed by atoms with Gasteiger partial charge in [0.05, 0.1) is 11.2 Å². The molecule has 0 spiro atoms. The first kappa shape index (κ1) is 15.7. The molecule has 0 atom stereocenters. The van der Waals surface area contributed by atoms with Crippen molar-refractivity contribution in [3.05, 3.63) is 28.7 Å². The third-order valence-electron chi connectivity index (χ3n) is 2.62. The van der Waals surface area contributed by atoms with E-state index in [1.54, 1.807) is 0 Å². The molecule has 2 aliphatic heterocycles. The van der Waals surface area contributed by atoms with Crippen LogP contribution in [0.2, 0.25) is 0 Å². The molecule has 1 amide bonds. The van der Waals surface area contributed by atoms with Crippen LogP contribution in [0.4, 0.5) is 8.78 Å². The van der Waals surface area contributed by atoms with Crippen LogP contribution < -0.4 is 14.8 Å². The zero-order chi connectivity index (χ0) is 16.8. The number of thioether (sulfide) groups is 1. The van der Waals surface area contributed by atoms with Gasteiger partial charge in [0.15, 0.2) is 16.7 Å². The molecule has 122 valence electrons. The van der Waals surface area contributed by atoms with E-state index in [-0.39, 0.29) is 21.6 Å². The Labute approximate surface area is 133 Å². The van der Waals surface area contributed by atoms with Gasteiger partial charge in [-0.15, -0.1) is 13.2 Å². The van der Waals surface area contributed by atoms with Crippen molar-refractivity contribution in [3.8, 4) is 11.5 Å². The number of ether oxygens (including phenoxy) is 2. The highest BCUT2D eigenvalue weighted by atomic mass is 32.2. The SMILES string of the molecule is CS(=O)(=O)N=C1NC(=O)C(=Cc2ccc3c(c2)OC(F)(F)O3)S1. The summed E-state index contributed by atoms with van der Waals surface area (Å²) in [4.78, 5) is 11.9. The number of amidine groups is 1. The maximum atomic E-state index is 12.9. The van der Waals surface area contributed by atoms with Crippen LogP contribution >= 0.6 is 11.8 Å². The minimum atomic E-state index is -3.72. The second-order valence-corrected chi connectivity index (χ2v) is 7.25. The Morgan fingerprint density at radius 1 is 1.30 bits per heavy atom. The average molecular weight is 362 g/mol. The van der Waals surface area contributed by atoms with E-state index in [4.69, 9.17) is 0 Å². The third kappa shape index (κ3) is 3.62. The van der Waals surface area contributed by atoms with Gasteiger partial charge in [0.25, 0.3) is 15.9 Å². The molecule has 1 aromatic carbocycles. The summed E-state index contributed by atoms with van der Waals surface area (Å²) in [5.41, 5.74) is 0.406. The fourth-order valence-corrected chi connectivity index (χ4v) is 3.42. The van der Waals surface area contributed by atoms with Gasteiger partial charge >= 0.3 is 6.29 Å².